The summed E-state index contributed by atoms with van der Waals surface area (Å²) in [6.07, 6.45) is 4.40. The molecule has 2 fully saturated rings. The summed E-state index contributed by atoms with van der Waals surface area (Å²) in [6, 6.07) is 3.16. The van der Waals surface area contributed by atoms with Crippen LogP contribution in [0.3, 0.4) is 0 Å². The fourth-order valence-corrected chi connectivity index (χ4v) is 2.54. The fourth-order valence-electron chi connectivity index (χ4n) is 2.54. The van der Waals surface area contributed by atoms with Crippen LogP contribution in [-0.4, -0.2) is 37.2 Å². The van der Waals surface area contributed by atoms with Crippen molar-refractivity contribution in [3.8, 4) is 6.07 Å². The molecule has 2 heterocycles. The lowest BCUT2D eigenvalue weighted by molar-refractivity contribution is 0.0163. The summed E-state index contributed by atoms with van der Waals surface area (Å²) in [6.45, 7) is 6.10. The van der Waals surface area contributed by atoms with E-state index in [2.05, 4.69) is 17.9 Å². The molecular formula is C12H20N2O. The van der Waals surface area contributed by atoms with Crippen molar-refractivity contribution in [2.24, 2.45) is 5.41 Å². The molecule has 0 amide bonds. The van der Waals surface area contributed by atoms with Crippen LogP contribution >= 0.6 is 0 Å². The van der Waals surface area contributed by atoms with E-state index in [0.29, 0.717) is 6.04 Å². The molecule has 3 heteroatoms. The summed E-state index contributed by atoms with van der Waals surface area (Å²) >= 11 is 0. The van der Waals surface area contributed by atoms with E-state index in [4.69, 9.17) is 10.00 Å². The highest BCUT2D eigenvalue weighted by molar-refractivity contribution is 4.99. The van der Waals surface area contributed by atoms with Gasteiger partial charge in [-0.1, -0.05) is 0 Å². The van der Waals surface area contributed by atoms with Gasteiger partial charge >= 0.3 is 0 Å². The first-order valence-electron chi connectivity index (χ1n) is 5.97. The van der Waals surface area contributed by atoms with Gasteiger partial charge in [0.2, 0.25) is 0 Å². The van der Waals surface area contributed by atoms with Crippen LogP contribution in [-0.2, 0) is 4.74 Å². The molecule has 3 nitrogen and oxygen atoms in total. The zero-order valence-electron chi connectivity index (χ0n) is 9.54. The van der Waals surface area contributed by atoms with Gasteiger partial charge < -0.3 is 9.64 Å². The van der Waals surface area contributed by atoms with E-state index in [0.717, 1.165) is 39.1 Å². The molecule has 0 aromatic rings. The first-order chi connectivity index (χ1) is 7.23. The normalized spacial score (nSPS) is 28.5. The van der Waals surface area contributed by atoms with Gasteiger partial charge in [0, 0.05) is 19.3 Å². The highest BCUT2D eigenvalue weighted by Crippen LogP contribution is 2.31. The highest BCUT2D eigenvalue weighted by Gasteiger charge is 2.32. The average molecular weight is 208 g/mol. The number of ether oxygens (including phenoxy) is 1. The summed E-state index contributed by atoms with van der Waals surface area (Å²) < 4.78 is 5.37. The molecule has 0 radical (unpaired) electrons. The zero-order valence-corrected chi connectivity index (χ0v) is 9.54. The van der Waals surface area contributed by atoms with Crippen molar-refractivity contribution >= 4 is 0 Å². The number of nitrogens with zero attached hydrogens (tertiary/aromatic N) is 2. The third-order valence-electron chi connectivity index (χ3n) is 3.88. The van der Waals surface area contributed by atoms with Crippen molar-refractivity contribution in [2.75, 3.05) is 26.3 Å². The van der Waals surface area contributed by atoms with Crippen LogP contribution in [0.25, 0.3) is 0 Å². The minimum absolute atomic E-state index is 0.0678. The van der Waals surface area contributed by atoms with E-state index < -0.39 is 0 Å². The summed E-state index contributed by atoms with van der Waals surface area (Å²) in [5.74, 6) is 0. The third kappa shape index (κ3) is 2.50. The van der Waals surface area contributed by atoms with E-state index in [1.54, 1.807) is 0 Å². The first kappa shape index (κ1) is 10.9. The minimum Gasteiger partial charge on any atom is -0.381 e. The Labute approximate surface area is 92.0 Å². The second-order valence-electron chi connectivity index (χ2n) is 5.05. The molecule has 2 rings (SSSR count). The molecule has 0 aromatic carbocycles. The SMILES string of the molecule is CC1(C#N)CCN(C2CCOCC2)CC1. The van der Waals surface area contributed by atoms with Crippen molar-refractivity contribution in [3.63, 3.8) is 0 Å². The number of piperidine rings is 1. The molecule has 0 unspecified atom stereocenters. The molecule has 0 N–H and O–H groups in total. The average Bonchev–Trinajstić information content (AvgIpc) is 2.31. The number of nitriles is 1. The Morgan fingerprint density at radius 3 is 2.40 bits per heavy atom. The maximum absolute atomic E-state index is 9.06. The van der Waals surface area contributed by atoms with Crippen molar-refractivity contribution in [1.82, 2.24) is 4.90 Å². The summed E-state index contributed by atoms with van der Waals surface area (Å²) in [5, 5.41) is 9.06. The monoisotopic (exact) mass is 208 g/mol. The first-order valence-corrected chi connectivity index (χ1v) is 5.97. The summed E-state index contributed by atoms with van der Waals surface area (Å²) in [4.78, 5) is 2.56. The Hall–Kier alpha value is -0.590. The van der Waals surface area contributed by atoms with E-state index >= 15 is 0 Å². The van der Waals surface area contributed by atoms with Gasteiger partial charge in [-0.05, 0) is 45.7 Å². The lowest BCUT2D eigenvalue weighted by Crippen LogP contribution is -2.46. The topological polar surface area (TPSA) is 36.3 Å². The fraction of sp³-hybridized carbons (Fsp3) is 0.917. The number of hydrogen-bond acceptors (Lipinski definition) is 3. The molecule has 84 valence electrons. The number of hydrogen-bond donors (Lipinski definition) is 0. The molecule has 0 saturated carbocycles. The predicted octanol–water partition coefficient (Wildman–Crippen LogP) is 1.79. The third-order valence-corrected chi connectivity index (χ3v) is 3.88. The Morgan fingerprint density at radius 1 is 1.27 bits per heavy atom. The smallest absolute Gasteiger partial charge is 0.0687 e. The van der Waals surface area contributed by atoms with E-state index in [1.165, 1.54) is 12.8 Å². The Morgan fingerprint density at radius 2 is 1.87 bits per heavy atom. The van der Waals surface area contributed by atoms with Crippen LogP contribution in [0.1, 0.15) is 32.6 Å². The highest BCUT2D eigenvalue weighted by atomic mass is 16.5. The Kier molecular flexibility index (Phi) is 3.28. The second kappa shape index (κ2) is 4.51. The van der Waals surface area contributed by atoms with Crippen LogP contribution in [0.4, 0.5) is 0 Å². The molecule has 2 saturated heterocycles. The lowest BCUT2D eigenvalue weighted by atomic mass is 9.81. The molecule has 2 aliphatic heterocycles. The van der Waals surface area contributed by atoms with Gasteiger partial charge in [-0.15, -0.1) is 0 Å². The maximum Gasteiger partial charge on any atom is 0.0687 e. The molecule has 2 aliphatic rings. The van der Waals surface area contributed by atoms with Crippen LogP contribution in [0.5, 0.6) is 0 Å². The van der Waals surface area contributed by atoms with Gasteiger partial charge in [-0.2, -0.15) is 5.26 Å². The molecule has 0 spiro atoms. The Balaban J connectivity index is 1.85. The van der Waals surface area contributed by atoms with Crippen LogP contribution in [0, 0.1) is 16.7 Å². The Bertz CT molecular complexity index is 245. The number of likely N-dealkylation sites (tertiary alicyclic amines) is 1. The van der Waals surface area contributed by atoms with Gasteiger partial charge in [0.05, 0.1) is 11.5 Å². The molecule has 0 aromatic heterocycles. The maximum atomic E-state index is 9.06. The van der Waals surface area contributed by atoms with Gasteiger partial charge in [0.15, 0.2) is 0 Å². The molecular weight excluding hydrogens is 188 g/mol. The largest absolute Gasteiger partial charge is 0.381 e. The van der Waals surface area contributed by atoms with E-state index in [9.17, 15) is 0 Å². The lowest BCUT2D eigenvalue weighted by Gasteiger charge is -2.40. The minimum atomic E-state index is -0.0678. The molecule has 0 atom stereocenters. The summed E-state index contributed by atoms with van der Waals surface area (Å²) in [7, 11) is 0. The van der Waals surface area contributed by atoms with Gasteiger partial charge in [-0.25, -0.2) is 0 Å². The standard InChI is InChI=1S/C12H20N2O/c1-12(10-13)4-6-14(7-5-12)11-2-8-15-9-3-11/h11H,2-9H2,1H3. The van der Waals surface area contributed by atoms with Crippen molar-refractivity contribution in [3.05, 3.63) is 0 Å². The van der Waals surface area contributed by atoms with Crippen molar-refractivity contribution in [1.29, 1.82) is 5.26 Å². The quantitative estimate of drug-likeness (QED) is 0.659. The van der Waals surface area contributed by atoms with E-state index in [-0.39, 0.29) is 5.41 Å². The van der Waals surface area contributed by atoms with Gasteiger partial charge in [-0.3, -0.25) is 0 Å². The molecule has 0 aliphatic carbocycles. The summed E-state index contributed by atoms with van der Waals surface area (Å²) in [5.41, 5.74) is -0.0678. The van der Waals surface area contributed by atoms with Crippen LogP contribution in [0.15, 0.2) is 0 Å². The van der Waals surface area contributed by atoms with Crippen molar-refractivity contribution in [2.45, 2.75) is 38.6 Å². The zero-order chi connectivity index (χ0) is 10.7. The predicted molar refractivity (Wildman–Crippen MR) is 58.4 cm³/mol. The van der Waals surface area contributed by atoms with E-state index in [1.807, 2.05) is 0 Å². The van der Waals surface area contributed by atoms with Gasteiger partial charge in [0.25, 0.3) is 0 Å². The molecule has 0 bridgehead atoms. The van der Waals surface area contributed by atoms with Crippen LogP contribution in [0.2, 0.25) is 0 Å². The van der Waals surface area contributed by atoms with Crippen molar-refractivity contribution < 1.29 is 4.74 Å². The van der Waals surface area contributed by atoms with Crippen LogP contribution < -0.4 is 0 Å². The second-order valence-corrected chi connectivity index (χ2v) is 5.05. The number of rotatable bonds is 1. The van der Waals surface area contributed by atoms with Gasteiger partial charge in [0.1, 0.15) is 0 Å². The molecule has 15 heavy (non-hydrogen) atoms.